The predicted octanol–water partition coefficient (Wildman–Crippen LogP) is 2.40. The van der Waals surface area contributed by atoms with Gasteiger partial charge in [-0.15, -0.1) is 0 Å². The van der Waals surface area contributed by atoms with Gasteiger partial charge in [-0.05, 0) is 44.5 Å². The highest BCUT2D eigenvalue weighted by molar-refractivity contribution is 5.91. The molecule has 1 fully saturated rings. The lowest BCUT2D eigenvalue weighted by atomic mass is 10.1. The second-order valence-electron chi connectivity index (χ2n) is 5.15. The summed E-state index contributed by atoms with van der Waals surface area (Å²) in [5, 5.41) is 0. The molecule has 2 unspecified atom stereocenters. The molecule has 104 valence electrons. The molecule has 0 saturated carbocycles. The van der Waals surface area contributed by atoms with Crippen LogP contribution in [0.4, 0.5) is 5.69 Å². The molecule has 1 aliphatic heterocycles. The van der Waals surface area contributed by atoms with Crippen molar-refractivity contribution in [2.75, 3.05) is 25.1 Å². The molecule has 19 heavy (non-hydrogen) atoms. The third kappa shape index (κ3) is 3.07. The van der Waals surface area contributed by atoms with E-state index in [9.17, 15) is 4.79 Å². The summed E-state index contributed by atoms with van der Waals surface area (Å²) < 4.78 is 10.5. The lowest BCUT2D eigenvalue weighted by Gasteiger charge is -2.37. The largest absolute Gasteiger partial charge is 0.465 e. The van der Waals surface area contributed by atoms with Gasteiger partial charge in [0.05, 0.1) is 24.9 Å². The average Bonchev–Trinajstić information content (AvgIpc) is 2.36. The molecule has 1 saturated heterocycles. The molecule has 0 amide bonds. The number of methoxy groups -OCH3 is 1. The molecule has 1 aromatic carbocycles. The minimum atomic E-state index is -0.284. The molecule has 0 aliphatic carbocycles. The molecule has 1 heterocycles. The maximum Gasteiger partial charge on any atom is 0.338 e. The van der Waals surface area contributed by atoms with Gasteiger partial charge in [0.25, 0.3) is 0 Å². The molecule has 0 spiro atoms. The fourth-order valence-electron chi connectivity index (χ4n) is 2.57. The van der Waals surface area contributed by atoms with Gasteiger partial charge >= 0.3 is 5.97 Å². The van der Waals surface area contributed by atoms with Gasteiger partial charge in [0, 0.05) is 18.8 Å². The second-order valence-corrected chi connectivity index (χ2v) is 5.15. The summed E-state index contributed by atoms with van der Waals surface area (Å²) >= 11 is 0. The van der Waals surface area contributed by atoms with Gasteiger partial charge in [-0.3, -0.25) is 0 Å². The van der Waals surface area contributed by atoms with E-state index in [-0.39, 0.29) is 18.2 Å². The topological polar surface area (TPSA) is 38.8 Å². The molecule has 1 aromatic rings. The summed E-state index contributed by atoms with van der Waals surface area (Å²) in [6.45, 7) is 7.85. The van der Waals surface area contributed by atoms with Gasteiger partial charge in [-0.25, -0.2) is 4.79 Å². The van der Waals surface area contributed by atoms with Crippen LogP contribution in [0.1, 0.15) is 29.8 Å². The van der Waals surface area contributed by atoms with Crippen molar-refractivity contribution in [1.29, 1.82) is 0 Å². The number of rotatable bonds is 2. The summed E-state index contributed by atoms with van der Waals surface area (Å²) in [5.41, 5.74) is 2.70. The fraction of sp³-hybridized carbons (Fsp3) is 0.533. The quantitative estimate of drug-likeness (QED) is 0.768. The summed E-state index contributed by atoms with van der Waals surface area (Å²) in [6, 6.07) is 5.85. The van der Waals surface area contributed by atoms with Gasteiger partial charge < -0.3 is 14.4 Å². The predicted molar refractivity (Wildman–Crippen MR) is 74.7 cm³/mol. The first kappa shape index (κ1) is 13.9. The summed E-state index contributed by atoms with van der Waals surface area (Å²) in [6.07, 6.45) is 0.452. The molecule has 0 aromatic heterocycles. The average molecular weight is 263 g/mol. The van der Waals surface area contributed by atoms with Crippen LogP contribution in [0.25, 0.3) is 0 Å². The highest BCUT2D eigenvalue weighted by Crippen LogP contribution is 2.23. The minimum absolute atomic E-state index is 0.226. The van der Waals surface area contributed by atoms with Crippen LogP contribution in [0.5, 0.6) is 0 Å². The maximum absolute atomic E-state index is 11.6. The number of hydrogen-bond donors (Lipinski definition) is 0. The van der Waals surface area contributed by atoms with Crippen molar-refractivity contribution in [3.05, 3.63) is 29.3 Å². The van der Waals surface area contributed by atoms with Crippen molar-refractivity contribution < 1.29 is 14.3 Å². The standard InChI is InChI=1S/C15H21NO3/c1-10-7-13(5-6-14(10)15(17)18-4)16-8-11(2)19-12(3)9-16/h5-7,11-12H,8-9H2,1-4H3. The zero-order valence-electron chi connectivity index (χ0n) is 12.0. The van der Waals surface area contributed by atoms with Crippen LogP contribution in [0.2, 0.25) is 0 Å². The van der Waals surface area contributed by atoms with E-state index in [1.807, 2.05) is 25.1 Å². The third-order valence-electron chi connectivity index (χ3n) is 3.40. The van der Waals surface area contributed by atoms with E-state index < -0.39 is 0 Å². The number of ether oxygens (including phenoxy) is 2. The van der Waals surface area contributed by atoms with Crippen LogP contribution in [-0.2, 0) is 9.47 Å². The van der Waals surface area contributed by atoms with Gasteiger partial charge in [-0.1, -0.05) is 0 Å². The first-order valence-corrected chi connectivity index (χ1v) is 6.60. The number of esters is 1. The van der Waals surface area contributed by atoms with Crippen LogP contribution in [0.3, 0.4) is 0 Å². The van der Waals surface area contributed by atoms with E-state index in [0.717, 1.165) is 24.3 Å². The zero-order chi connectivity index (χ0) is 14.0. The molecule has 4 heteroatoms. The van der Waals surface area contributed by atoms with Crippen molar-refractivity contribution in [2.24, 2.45) is 0 Å². The number of benzene rings is 1. The minimum Gasteiger partial charge on any atom is -0.465 e. The Balaban J connectivity index is 2.22. The third-order valence-corrected chi connectivity index (χ3v) is 3.40. The van der Waals surface area contributed by atoms with Crippen molar-refractivity contribution in [2.45, 2.75) is 33.0 Å². The number of nitrogens with zero attached hydrogens (tertiary/aromatic N) is 1. The molecular weight excluding hydrogens is 242 g/mol. The number of hydrogen-bond acceptors (Lipinski definition) is 4. The second kappa shape index (κ2) is 5.61. The van der Waals surface area contributed by atoms with E-state index >= 15 is 0 Å². The number of carbonyl (C=O) groups is 1. The Kier molecular flexibility index (Phi) is 4.10. The number of carbonyl (C=O) groups excluding carboxylic acids is 1. The van der Waals surface area contributed by atoms with E-state index in [1.165, 1.54) is 7.11 Å². The Morgan fingerprint density at radius 2 is 1.95 bits per heavy atom. The molecule has 0 N–H and O–H groups in total. The first-order chi connectivity index (χ1) is 9.01. The van der Waals surface area contributed by atoms with E-state index in [1.54, 1.807) is 0 Å². The van der Waals surface area contributed by atoms with Crippen LogP contribution < -0.4 is 4.90 Å². The summed E-state index contributed by atoms with van der Waals surface area (Å²) in [5.74, 6) is -0.284. The molecule has 4 nitrogen and oxygen atoms in total. The number of aryl methyl sites for hydroxylation is 1. The Bertz CT molecular complexity index is 462. The highest BCUT2D eigenvalue weighted by atomic mass is 16.5. The Morgan fingerprint density at radius 1 is 1.32 bits per heavy atom. The van der Waals surface area contributed by atoms with Crippen LogP contribution in [0, 0.1) is 6.92 Å². The maximum atomic E-state index is 11.6. The molecule has 2 rings (SSSR count). The normalized spacial score (nSPS) is 23.3. The Hall–Kier alpha value is -1.55. The highest BCUT2D eigenvalue weighted by Gasteiger charge is 2.23. The molecule has 2 atom stereocenters. The van der Waals surface area contributed by atoms with Gasteiger partial charge in [-0.2, -0.15) is 0 Å². The van der Waals surface area contributed by atoms with E-state index in [2.05, 4.69) is 18.7 Å². The van der Waals surface area contributed by atoms with E-state index in [0.29, 0.717) is 5.56 Å². The molecule has 0 radical (unpaired) electrons. The SMILES string of the molecule is COC(=O)c1ccc(N2CC(C)OC(C)C2)cc1C. The summed E-state index contributed by atoms with van der Waals surface area (Å²) in [4.78, 5) is 13.9. The smallest absolute Gasteiger partial charge is 0.338 e. The van der Waals surface area contributed by atoms with Crippen LogP contribution in [0.15, 0.2) is 18.2 Å². The molecular formula is C15H21NO3. The molecule has 1 aliphatic rings. The van der Waals surface area contributed by atoms with Crippen LogP contribution in [-0.4, -0.2) is 38.4 Å². The Labute approximate surface area is 114 Å². The van der Waals surface area contributed by atoms with Crippen molar-refractivity contribution in [1.82, 2.24) is 0 Å². The van der Waals surface area contributed by atoms with Gasteiger partial charge in [0.1, 0.15) is 0 Å². The number of anilines is 1. The van der Waals surface area contributed by atoms with E-state index in [4.69, 9.17) is 9.47 Å². The van der Waals surface area contributed by atoms with Crippen molar-refractivity contribution in [3.63, 3.8) is 0 Å². The van der Waals surface area contributed by atoms with Crippen LogP contribution >= 0.6 is 0 Å². The lowest BCUT2D eigenvalue weighted by molar-refractivity contribution is -0.00522. The Morgan fingerprint density at radius 3 is 2.47 bits per heavy atom. The number of morpholine rings is 1. The monoisotopic (exact) mass is 263 g/mol. The first-order valence-electron chi connectivity index (χ1n) is 6.60. The van der Waals surface area contributed by atoms with Crippen molar-refractivity contribution in [3.8, 4) is 0 Å². The van der Waals surface area contributed by atoms with Crippen molar-refractivity contribution >= 4 is 11.7 Å². The van der Waals surface area contributed by atoms with Gasteiger partial charge in [0.2, 0.25) is 0 Å². The fourth-order valence-corrected chi connectivity index (χ4v) is 2.57. The molecule has 0 bridgehead atoms. The van der Waals surface area contributed by atoms with Gasteiger partial charge in [0.15, 0.2) is 0 Å². The zero-order valence-corrected chi connectivity index (χ0v) is 12.0. The lowest BCUT2D eigenvalue weighted by Crippen LogP contribution is -2.45. The summed E-state index contributed by atoms with van der Waals surface area (Å²) in [7, 11) is 1.40.